The number of halogens is 1. The Labute approximate surface area is 245 Å². The summed E-state index contributed by atoms with van der Waals surface area (Å²) in [6, 6.07) is 28.6. The van der Waals surface area contributed by atoms with E-state index in [4.69, 9.17) is 31.1 Å². The number of para-hydroxylation sites is 1. The number of amidine groups is 1. The maximum absolute atomic E-state index is 6.50. The number of nitrogens with one attached hydrogen (secondary N) is 1. The van der Waals surface area contributed by atoms with Gasteiger partial charge in [0, 0.05) is 52.2 Å². The number of pyridine rings is 1. The second kappa shape index (κ2) is 11.5. The lowest BCUT2D eigenvalue weighted by atomic mass is 9.98. The van der Waals surface area contributed by atoms with E-state index in [0.717, 1.165) is 66.9 Å². The van der Waals surface area contributed by atoms with Crippen molar-refractivity contribution >= 4 is 39.6 Å². The Hall–Kier alpha value is -4.55. The van der Waals surface area contributed by atoms with Gasteiger partial charge in [-0.2, -0.15) is 0 Å². The highest BCUT2D eigenvalue weighted by molar-refractivity contribution is 6.31. The molecular formula is C34H31ClN4O2. The molecule has 5 aromatic rings. The lowest BCUT2D eigenvalue weighted by Crippen LogP contribution is -2.33. The Bertz CT molecular complexity index is 1770. The molecule has 0 fully saturated rings. The van der Waals surface area contributed by atoms with Crippen molar-refractivity contribution in [3.63, 3.8) is 0 Å². The third-order valence-electron chi connectivity index (χ3n) is 7.55. The van der Waals surface area contributed by atoms with E-state index < -0.39 is 0 Å². The molecule has 0 radical (unpaired) electrons. The molecule has 4 aromatic carbocycles. The summed E-state index contributed by atoms with van der Waals surface area (Å²) in [6.07, 6.45) is 2.56. The molecule has 206 valence electrons. The normalized spacial score (nSPS) is 12.6. The van der Waals surface area contributed by atoms with Gasteiger partial charge in [-0.3, -0.25) is 4.98 Å². The third-order valence-corrected chi connectivity index (χ3v) is 7.92. The number of aryl methyl sites for hydroxylation is 1. The molecule has 0 bridgehead atoms. The number of nitrogens with zero attached hydrogens (tertiary/aromatic N) is 3. The fourth-order valence-electron chi connectivity index (χ4n) is 5.46. The molecule has 0 saturated carbocycles. The molecule has 6 rings (SSSR count). The number of benzene rings is 4. The number of hydrogen-bond acceptors (Lipinski definition) is 6. The van der Waals surface area contributed by atoms with Crippen LogP contribution in [0.3, 0.4) is 0 Å². The van der Waals surface area contributed by atoms with Gasteiger partial charge in [-0.1, -0.05) is 54.1 Å². The highest BCUT2D eigenvalue weighted by Gasteiger charge is 2.24. The van der Waals surface area contributed by atoms with E-state index in [1.54, 1.807) is 14.2 Å². The summed E-state index contributed by atoms with van der Waals surface area (Å²) in [7, 11) is 3.32. The van der Waals surface area contributed by atoms with Gasteiger partial charge >= 0.3 is 0 Å². The maximum Gasteiger partial charge on any atom is 0.132 e. The SMILES string of the molecule is COc1ccc(CNC2=NCN(c3c(C)ccc4c(Cc5ccccc5Cl)nccc34)c3ccccc32)c(OC)c1. The van der Waals surface area contributed by atoms with E-state index in [-0.39, 0.29) is 0 Å². The number of methoxy groups -OCH3 is 2. The molecule has 41 heavy (non-hydrogen) atoms. The predicted octanol–water partition coefficient (Wildman–Crippen LogP) is 7.45. The Kier molecular flexibility index (Phi) is 7.49. The quantitative estimate of drug-likeness (QED) is 0.223. The Morgan fingerprint density at radius 2 is 1.71 bits per heavy atom. The number of ether oxygens (including phenoxy) is 2. The minimum Gasteiger partial charge on any atom is -0.497 e. The van der Waals surface area contributed by atoms with Crippen molar-refractivity contribution in [3.8, 4) is 11.5 Å². The Morgan fingerprint density at radius 3 is 2.54 bits per heavy atom. The molecule has 1 N–H and O–H groups in total. The van der Waals surface area contributed by atoms with Crippen LogP contribution in [0.1, 0.15) is 27.9 Å². The number of anilines is 2. The summed E-state index contributed by atoms with van der Waals surface area (Å²) in [5.41, 5.74) is 7.56. The van der Waals surface area contributed by atoms with Crippen LogP contribution in [0.25, 0.3) is 10.8 Å². The molecular weight excluding hydrogens is 532 g/mol. The van der Waals surface area contributed by atoms with Gasteiger partial charge in [0.2, 0.25) is 0 Å². The predicted molar refractivity (Wildman–Crippen MR) is 167 cm³/mol. The monoisotopic (exact) mass is 562 g/mol. The minimum absolute atomic E-state index is 0.487. The molecule has 1 aliphatic rings. The van der Waals surface area contributed by atoms with Crippen molar-refractivity contribution in [1.82, 2.24) is 10.3 Å². The standard InChI is InChI=1S/C34H31ClN4O2/c1-22-12-15-26-27(16-17-36-30(26)18-23-8-4-6-10-29(23)35)33(22)39-21-38-34(28-9-5-7-11-31(28)39)37-20-24-13-14-25(40-2)19-32(24)41-3/h4-17,19H,18,20-21H2,1-3H3,(H,37,38). The van der Waals surface area contributed by atoms with Crippen molar-refractivity contribution in [2.45, 2.75) is 19.9 Å². The number of aliphatic imine (C=N–C) groups is 1. The first-order valence-corrected chi connectivity index (χ1v) is 13.9. The largest absolute Gasteiger partial charge is 0.497 e. The van der Waals surface area contributed by atoms with Crippen LogP contribution >= 0.6 is 11.6 Å². The van der Waals surface area contributed by atoms with E-state index >= 15 is 0 Å². The van der Waals surface area contributed by atoms with Crippen LogP contribution < -0.4 is 19.7 Å². The number of hydrogen-bond donors (Lipinski definition) is 1. The van der Waals surface area contributed by atoms with E-state index in [1.165, 1.54) is 5.56 Å². The van der Waals surface area contributed by atoms with Crippen LogP contribution in [0.2, 0.25) is 5.02 Å². The first-order valence-electron chi connectivity index (χ1n) is 13.5. The molecule has 1 aromatic heterocycles. The average molecular weight is 563 g/mol. The highest BCUT2D eigenvalue weighted by Crippen LogP contribution is 2.39. The zero-order valence-electron chi connectivity index (χ0n) is 23.3. The fourth-order valence-corrected chi connectivity index (χ4v) is 5.66. The van der Waals surface area contributed by atoms with E-state index in [2.05, 4.69) is 65.7 Å². The molecule has 0 amide bonds. The zero-order chi connectivity index (χ0) is 28.3. The molecule has 0 spiro atoms. The molecule has 0 aliphatic carbocycles. The van der Waals surface area contributed by atoms with Gasteiger partial charge in [0.15, 0.2) is 0 Å². The minimum atomic E-state index is 0.487. The van der Waals surface area contributed by atoms with Crippen molar-refractivity contribution in [2.75, 3.05) is 25.8 Å². The molecule has 6 nitrogen and oxygen atoms in total. The number of rotatable bonds is 7. The topological polar surface area (TPSA) is 59.0 Å². The highest BCUT2D eigenvalue weighted by atomic mass is 35.5. The maximum atomic E-state index is 6.50. The van der Waals surface area contributed by atoms with Crippen molar-refractivity contribution < 1.29 is 9.47 Å². The van der Waals surface area contributed by atoms with E-state index in [9.17, 15) is 0 Å². The second-order valence-electron chi connectivity index (χ2n) is 9.98. The van der Waals surface area contributed by atoms with Crippen LogP contribution in [0.4, 0.5) is 11.4 Å². The molecule has 0 unspecified atom stereocenters. The van der Waals surface area contributed by atoms with Gasteiger partial charge in [-0.05, 0) is 54.4 Å². The fraction of sp³-hybridized carbons (Fsp3) is 0.176. The van der Waals surface area contributed by atoms with Gasteiger partial charge in [0.1, 0.15) is 24.0 Å². The molecule has 7 heteroatoms. The third kappa shape index (κ3) is 5.19. The average Bonchev–Trinajstić information content (AvgIpc) is 3.01. The molecule has 2 heterocycles. The molecule has 0 saturated heterocycles. The van der Waals surface area contributed by atoms with Crippen molar-refractivity contribution in [2.24, 2.45) is 4.99 Å². The van der Waals surface area contributed by atoms with Crippen LogP contribution in [-0.2, 0) is 13.0 Å². The van der Waals surface area contributed by atoms with Gasteiger partial charge < -0.3 is 19.7 Å². The summed E-state index contributed by atoms with van der Waals surface area (Å²) in [5.74, 6) is 2.39. The summed E-state index contributed by atoms with van der Waals surface area (Å²) >= 11 is 6.50. The lowest BCUT2D eigenvalue weighted by Gasteiger charge is -2.32. The summed E-state index contributed by atoms with van der Waals surface area (Å²) < 4.78 is 10.9. The van der Waals surface area contributed by atoms with Crippen LogP contribution in [0.15, 0.2) is 96.1 Å². The van der Waals surface area contributed by atoms with Gasteiger partial charge in [0.05, 0.1) is 31.3 Å². The van der Waals surface area contributed by atoms with Crippen molar-refractivity contribution in [1.29, 1.82) is 0 Å². The number of fused-ring (bicyclic) bond motifs is 2. The van der Waals surface area contributed by atoms with Crippen LogP contribution in [-0.4, -0.2) is 31.7 Å². The molecule has 0 atom stereocenters. The van der Waals surface area contributed by atoms with E-state index in [1.807, 2.05) is 42.6 Å². The summed E-state index contributed by atoms with van der Waals surface area (Å²) in [4.78, 5) is 12.1. The Morgan fingerprint density at radius 1 is 0.878 bits per heavy atom. The summed E-state index contributed by atoms with van der Waals surface area (Å²) in [6.45, 7) is 3.21. The van der Waals surface area contributed by atoms with Crippen LogP contribution in [0.5, 0.6) is 11.5 Å². The van der Waals surface area contributed by atoms with Crippen molar-refractivity contribution in [3.05, 3.63) is 124 Å². The van der Waals surface area contributed by atoms with Gasteiger partial charge in [0.25, 0.3) is 0 Å². The first kappa shape index (κ1) is 26.7. The van der Waals surface area contributed by atoms with Gasteiger partial charge in [-0.15, -0.1) is 0 Å². The van der Waals surface area contributed by atoms with E-state index in [0.29, 0.717) is 19.6 Å². The van der Waals surface area contributed by atoms with Crippen LogP contribution in [0, 0.1) is 6.92 Å². The van der Waals surface area contributed by atoms with Gasteiger partial charge in [-0.25, -0.2) is 4.99 Å². The molecule has 1 aliphatic heterocycles. The Balaban J connectivity index is 1.35. The summed E-state index contributed by atoms with van der Waals surface area (Å²) in [5, 5.41) is 6.57. The lowest BCUT2D eigenvalue weighted by molar-refractivity contribution is 0.390. The zero-order valence-corrected chi connectivity index (χ0v) is 24.1. The second-order valence-corrected chi connectivity index (χ2v) is 10.4. The number of aromatic nitrogens is 1. The smallest absolute Gasteiger partial charge is 0.132 e. The first-order chi connectivity index (χ1) is 20.1.